The van der Waals surface area contributed by atoms with Crippen LogP contribution in [0.4, 0.5) is 17.6 Å². The van der Waals surface area contributed by atoms with Crippen molar-refractivity contribution in [2.45, 2.75) is 11.4 Å². The summed E-state index contributed by atoms with van der Waals surface area (Å²) in [6.07, 6.45) is -4.75. The van der Waals surface area contributed by atoms with Crippen molar-refractivity contribution >= 4 is 23.7 Å². The predicted molar refractivity (Wildman–Crippen MR) is 46.2 cm³/mol. The third-order valence-corrected chi connectivity index (χ3v) is 1.98. The first-order chi connectivity index (χ1) is 6.89. The molecule has 1 aromatic carbocycles. The first kappa shape index (κ1) is 10.3. The average molecular weight is 237 g/mol. The fraction of sp³-hybridized carbons (Fsp3) is 0.125. The van der Waals surface area contributed by atoms with Gasteiger partial charge in [0.15, 0.2) is 11.4 Å². The van der Waals surface area contributed by atoms with E-state index >= 15 is 0 Å². The Hall–Kier alpha value is -1.24. The predicted octanol–water partition coefficient (Wildman–Crippen LogP) is 3.27. The van der Waals surface area contributed by atoms with E-state index in [1.165, 1.54) is 0 Å². The fourth-order valence-electron chi connectivity index (χ4n) is 1.17. The number of oxazole rings is 1. The third kappa shape index (κ3) is 1.67. The van der Waals surface area contributed by atoms with Gasteiger partial charge in [-0.3, -0.25) is 0 Å². The number of nitrogens with zero attached hydrogens (tertiary/aromatic N) is 1. The second-order valence-electron chi connectivity index (χ2n) is 2.77. The Kier molecular flexibility index (Phi) is 2.14. The first-order valence-corrected chi connectivity index (χ1v) is 4.19. The summed E-state index contributed by atoms with van der Waals surface area (Å²) < 4.78 is 54.7. The smallest absolute Gasteiger partial charge is 0.419 e. The van der Waals surface area contributed by atoms with E-state index in [4.69, 9.17) is 0 Å². The molecule has 0 aliphatic rings. The van der Waals surface area contributed by atoms with E-state index in [0.29, 0.717) is 6.07 Å². The van der Waals surface area contributed by atoms with Crippen molar-refractivity contribution in [3.8, 4) is 0 Å². The van der Waals surface area contributed by atoms with Gasteiger partial charge in [0.2, 0.25) is 0 Å². The van der Waals surface area contributed by atoms with Crippen LogP contribution in [-0.4, -0.2) is 4.98 Å². The average Bonchev–Trinajstić information content (AvgIpc) is 2.44. The number of fused-ring (bicyclic) bond motifs is 1. The van der Waals surface area contributed by atoms with Crippen molar-refractivity contribution in [3.05, 3.63) is 23.5 Å². The van der Waals surface area contributed by atoms with Crippen LogP contribution in [0.2, 0.25) is 0 Å². The van der Waals surface area contributed by atoms with Crippen molar-refractivity contribution in [1.82, 2.24) is 4.98 Å². The minimum absolute atomic E-state index is 0.00509. The van der Waals surface area contributed by atoms with E-state index in [9.17, 15) is 17.6 Å². The van der Waals surface area contributed by atoms with Crippen molar-refractivity contribution in [2.24, 2.45) is 0 Å². The zero-order valence-corrected chi connectivity index (χ0v) is 7.86. The Morgan fingerprint density at radius 1 is 1.27 bits per heavy atom. The number of hydrogen-bond donors (Lipinski definition) is 1. The molecule has 0 spiro atoms. The molecule has 0 aliphatic carbocycles. The second kappa shape index (κ2) is 3.13. The summed E-state index contributed by atoms with van der Waals surface area (Å²) in [7, 11) is 0. The Morgan fingerprint density at radius 3 is 2.53 bits per heavy atom. The summed E-state index contributed by atoms with van der Waals surface area (Å²) >= 11 is 3.67. The van der Waals surface area contributed by atoms with Crippen LogP contribution in [0.1, 0.15) is 5.56 Å². The van der Waals surface area contributed by atoms with Gasteiger partial charge in [0.25, 0.3) is 5.22 Å². The summed E-state index contributed by atoms with van der Waals surface area (Å²) in [6, 6.07) is 1.65. The Morgan fingerprint density at radius 2 is 1.93 bits per heavy atom. The normalized spacial score (nSPS) is 12.3. The Labute approximate surface area is 86.3 Å². The molecule has 2 aromatic rings. The van der Waals surface area contributed by atoms with Crippen LogP contribution in [0.25, 0.3) is 11.1 Å². The maximum atomic E-state index is 13.3. The van der Waals surface area contributed by atoms with Crippen LogP contribution in [0.15, 0.2) is 21.8 Å². The summed E-state index contributed by atoms with van der Waals surface area (Å²) in [5.74, 6) is -1.47. The minimum Gasteiger partial charge on any atom is -0.428 e. The van der Waals surface area contributed by atoms with Crippen molar-refractivity contribution in [1.29, 1.82) is 0 Å². The van der Waals surface area contributed by atoms with Gasteiger partial charge in [-0.15, -0.1) is 0 Å². The van der Waals surface area contributed by atoms with Crippen molar-refractivity contribution in [3.63, 3.8) is 0 Å². The largest absolute Gasteiger partial charge is 0.428 e. The van der Waals surface area contributed by atoms with Gasteiger partial charge in [0.1, 0.15) is 5.52 Å². The molecule has 80 valence electrons. The Balaban J connectivity index is 2.75. The topological polar surface area (TPSA) is 26.0 Å². The summed E-state index contributed by atoms with van der Waals surface area (Å²) in [5.41, 5.74) is -1.90. The van der Waals surface area contributed by atoms with Gasteiger partial charge in [-0.1, -0.05) is 12.6 Å². The minimum atomic E-state index is -4.75. The van der Waals surface area contributed by atoms with Crippen LogP contribution >= 0.6 is 12.6 Å². The van der Waals surface area contributed by atoms with Crippen LogP contribution in [0, 0.1) is 5.82 Å². The van der Waals surface area contributed by atoms with Gasteiger partial charge >= 0.3 is 6.18 Å². The highest BCUT2D eigenvalue weighted by Crippen LogP contribution is 2.34. The van der Waals surface area contributed by atoms with Crippen molar-refractivity contribution < 1.29 is 22.0 Å². The van der Waals surface area contributed by atoms with E-state index in [-0.39, 0.29) is 10.7 Å². The van der Waals surface area contributed by atoms with Crippen LogP contribution < -0.4 is 0 Å². The zero-order chi connectivity index (χ0) is 11.2. The lowest BCUT2D eigenvalue weighted by molar-refractivity contribution is -0.139. The van der Waals surface area contributed by atoms with Gasteiger partial charge < -0.3 is 4.42 Å². The fourth-order valence-corrected chi connectivity index (χ4v) is 1.37. The van der Waals surface area contributed by atoms with E-state index in [1.54, 1.807) is 0 Å². The molecule has 1 heterocycles. The molecule has 0 bridgehead atoms. The zero-order valence-electron chi connectivity index (χ0n) is 6.97. The molecule has 7 heteroatoms. The van der Waals surface area contributed by atoms with E-state index in [2.05, 4.69) is 22.0 Å². The van der Waals surface area contributed by atoms with E-state index < -0.39 is 23.1 Å². The molecule has 0 N–H and O–H groups in total. The van der Waals surface area contributed by atoms with Gasteiger partial charge in [0, 0.05) is 0 Å². The molecular weight excluding hydrogens is 234 g/mol. The maximum absolute atomic E-state index is 13.3. The SMILES string of the molecule is Fc1c(C(F)(F)F)ccc2nc(S)oc12. The number of hydrogen-bond acceptors (Lipinski definition) is 3. The van der Waals surface area contributed by atoms with Gasteiger partial charge in [-0.2, -0.15) is 13.2 Å². The van der Waals surface area contributed by atoms with Crippen LogP contribution in [0.5, 0.6) is 0 Å². The molecule has 2 rings (SSSR count). The summed E-state index contributed by atoms with van der Waals surface area (Å²) in [6.45, 7) is 0. The van der Waals surface area contributed by atoms with Crippen LogP contribution in [-0.2, 0) is 6.18 Å². The molecule has 0 amide bonds. The molecule has 0 saturated carbocycles. The highest BCUT2D eigenvalue weighted by atomic mass is 32.1. The molecule has 0 radical (unpaired) electrons. The van der Waals surface area contributed by atoms with Gasteiger partial charge in [-0.05, 0) is 12.1 Å². The third-order valence-electron chi connectivity index (χ3n) is 1.79. The molecule has 15 heavy (non-hydrogen) atoms. The lowest BCUT2D eigenvalue weighted by Gasteiger charge is -2.06. The van der Waals surface area contributed by atoms with E-state index in [0.717, 1.165) is 6.07 Å². The molecule has 0 unspecified atom stereocenters. The number of rotatable bonds is 0. The van der Waals surface area contributed by atoms with Crippen LogP contribution in [0.3, 0.4) is 0 Å². The van der Waals surface area contributed by atoms with Crippen molar-refractivity contribution in [2.75, 3.05) is 0 Å². The molecule has 0 aliphatic heterocycles. The summed E-state index contributed by atoms with van der Waals surface area (Å²) in [4.78, 5) is 3.59. The Bertz CT molecular complexity index is 519. The molecule has 2 nitrogen and oxygen atoms in total. The lowest BCUT2D eigenvalue weighted by atomic mass is 10.2. The van der Waals surface area contributed by atoms with Gasteiger partial charge in [-0.25, -0.2) is 9.37 Å². The standard InChI is InChI=1S/C8H3F4NOS/c9-5-3(8(10,11)12)1-2-4-6(5)14-7(15)13-4/h1-2H,(H,13,15). The first-order valence-electron chi connectivity index (χ1n) is 3.75. The summed E-state index contributed by atoms with van der Waals surface area (Å²) in [5, 5.41) is -0.178. The number of halogens is 4. The number of aromatic nitrogens is 1. The molecule has 0 saturated heterocycles. The quantitative estimate of drug-likeness (QED) is 0.562. The highest BCUT2D eigenvalue weighted by molar-refractivity contribution is 7.80. The molecule has 1 aromatic heterocycles. The highest BCUT2D eigenvalue weighted by Gasteiger charge is 2.35. The molecule has 0 atom stereocenters. The monoisotopic (exact) mass is 237 g/mol. The molecular formula is C8H3F4NOS. The lowest BCUT2D eigenvalue weighted by Crippen LogP contribution is -2.07. The second-order valence-corrected chi connectivity index (χ2v) is 3.15. The number of benzene rings is 1. The number of thiol groups is 1. The maximum Gasteiger partial charge on any atom is 0.419 e. The van der Waals surface area contributed by atoms with E-state index in [1.807, 2.05) is 0 Å². The number of alkyl halides is 3. The van der Waals surface area contributed by atoms with Gasteiger partial charge in [0.05, 0.1) is 5.56 Å². The molecule has 0 fully saturated rings.